The molecule has 0 unspecified atom stereocenters. The van der Waals surface area contributed by atoms with Gasteiger partial charge in [0.2, 0.25) is 0 Å². The molecule has 0 aromatic heterocycles. The minimum Gasteiger partial charge on any atom is -0.299 e. The van der Waals surface area contributed by atoms with Crippen LogP contribution < -0.4 is 0 Å². The van der Waals surface area contributed by atoms with Crippen LogP contribution in [0.1, 0.15) is 31.7 Å². The first-order valence-corrected chi connectivity index (χ1v) is 7.65. The minimum absolute atomic E-state index is 0.193. The van der Waals surface area contributed by atoms with Gasteiger partial charge in [-0.1, -0.05) is 49.4 Å². The third-order valence-corrected chi connectivity index (χ3v) is 5.52. The van der Waals surface area contributed by atoms with Crippen LogP contribution in [0.4, 0.5) is 0 Å². The Balaban J connectivity index is 2.04. The van der Waals surface area contributed by atoms with Crippen LogP contribution >= 0.6 is 0 Å². The van der Waals surface area contributed by atoms with Crippen molar-refractivity contribution in [3.05, 3.63) is 42.0 Å². The van der Waals surface area contributed by atoms with Gasteiger partial charge >= 0.3 is 0 Å². The zero-order valence-electron chi connectivity index (χ0n) is 12.6. The number of allylic oxidation sites excluding steroid dienone is 1. The van der Waals surface area contributed by atoms with Crippen molar-refractivity contribution in [1.82, 2.24) is 0 Å². The van der Waals surface area contributed by atoms with Crippen LogP contribution in [-0.4, -0.2) is 5.78 Å². The molecular weight excluding hydrogens is 272 g/mol. The van der Waals surface area contributed by atoms with E-state index in [1.165, 1.54) is 0 Å². The average molecular weight is 290 g/mol. The van der Waals surface area contributed by atoms with E-state index < -0.39 is 10.8 Å². The van der Waals surface area contributed by atoms with Gasteiger partial charge in [0.05, 0.1) is 12.1 Å². The largest absolute Gasteiger partial charge is 0.299 e. The van der Waals surface area contributed by atoms with Gasteiger partial charge in [-0.15, -0.1) is 0 Å². The van der Waals surface area contributed by atoms with E-state index in [1.54, 1.807) is 0 Å². The third kappa shape index (κ3) is 1.90. The molecule has 3 nitrogen and oxygen atoms in total. The smallest absolute Gasteiger partial charge is 0.156 e. The Morgan fingerprint density at radius 2 is 1.91 bits per heavy atom. The highest BCUT2D eigenvalue weighted by Crippen LogP contribution is 2.62. The standard InChI is InChI=1S/C19H18N2O/c1-18-10-9-15(17(22)11-18)16(19(18,12-20)13-21)8-7-14-5-3-2-4-6-14/h2-8,15-16H,9-11H2,1H3/b8-7+/t15-,16-,18-/m1/s1. The highest BCUT2D eigenvalue weighted by atomic mass is 16.1. The number of rotatable bonds is 2. The van der Waals surface area contributed by atoms with E-state index in [1.807, 2.05) is 49.4 Å². The van der Waals surface area contributed by atoms with Gasteiger partial charge in [-0.05, 0) is 18.4 Å². The molecule has 3 aliphatic rings. The number of nitrogens with zero attached hydrogens (tertiary/aromatic N) is 2. The van der Waals surface area contributed by atoms with E-state index in [0.717, 1.165) is 18.4 Å². The number of ketones is 1. The highest BCUT2D eigenvalue weighted by Gasteiger charge is 2.64. The molecule has 3 atom stereocenters. The van der Waals surface area contributed by atoms with Crippen molar-refractivity contribution in [1.29, 1.82) is 10.5 Å². The summed E-state index contributed by atoms with van der Waals surface area (Å²) in [6.07, 6.45) is 5.77. The van der Waals surface area contributed by atoms with Gasteiger partial charge < -0.3 is 0 Å². The van der Waals surface area contributed by atoms with Crippen LogP contribution in [0, 0.1) is 45.3 Å². The van der Waals surface area contributed by atoms with E-state index in [9.17, 15) is 15.3 Å². The van der Waals surface area contributed by atoms with Crippen molar-refractivity contribution in [2.45, 2.75) is 26.2 Å². The molecular formula is C19H18N2O. The molecule has 2 bridgehead atoms. The Kier molecular flexibility index (Phi) is 3.38. The number of fused-ring (bicyclic) bond motifs is 3. The summed E-state index contributed by atoms with van der Waals surface area (Å²) in [4.78, 5) is 12.3. The first-order chi connectivity index (χ1) is 10.6. The molecule has 0 N–H and O–H groups in total. The lowest BCUT2D eigenvalue weighted by Crippen LogP contribution is -2.57. The lowest BCUT2D eigenvalue weighted by Gasteiger charge is -2.55. The van der Waals surface area contributed by atoms with Crippen molar-refractivity contribution in [3.8, 4) is 12.1 Å². The van der Waals surface area contributed by atoms with Gasteiger partial charge in [0, 0.05) is 23.7 Å². The number of Topliss-reactive ketones (excluding diaryl/α,β-unsaturated/α-hetero) is 1. The molecule has 0 spiro atoms. The van der Waals surface area contributed by atoms with Crippen LogP contribution in [0.2, 0.25) is 0 Å². The zero-order valence-corrected chi connectivity index (χ0v) is 12.6. The average Bonchev–Trinajstić information content (AvgIpc) is 2.53. The van der Waals surface area contributed by atoms with Gasteiger partial charge in [-0.3, -0.25) is 4.79 Å². The molecule has 0 heterocycles. The molecule has 3 fully saturated rings. The summed E-state index contributed by atoms with van der Waals surface area (Å²) in [7, 11) is 0. The maximum Gasteiger partial charge on any atom is 0.156 e. The Bertz CT molecular complexity index is 693. The summed E-state index contributed by atoms with van der Waals surface area (Å²) < 4.78 is 0. The summed E-state index contributed by atoms with van der Waals surface area (Å²) in [5.74, 6) is -0.304. The molecule has 3 saturated carbocycles. The van der Waals surface area contributed by atoms with Crippen LogP contribution in [0.15, 0.2) is 36.4 Å². The van der Waals surface area contributed by atoms with Crippen LogP contribution in [-0.2, 0) is 4.79 Å². The minimum atomic E-state index is -1.10. The molecule has 0 saturated heterocycles. The van der Waals surface area contributed by atoms with E-state index in [2.05, 4.69) is 12.1 Å². The first-order valence-electron chi connectivity index (χ1n) is 7.65. The second-order valence-electron chi connectivity index (χ2n) is 6.68. The molecule has 1 aromatic carbocycles. The topological polar surface area (TPSA) is 64.7 Å². The lowest BCUT2D eigenvalue weighted by molar-refractivity contribution is -0.143. The molecule has 110 valence electrons. The maximum absolute atomic E-state index is 12.3. The second kappa shape index (κ2) is 5.11. The summed E-state index contributed by atoms with van der Waals surface area (Å²) in [6.45, 7) is 1.93. The molecule has 4 rings (SSSR count). The van der Waals surface area contributed by atoms with E-state index in [0.29, 0.717) is 6.42 Å². The highest BCUT2D eigenvalue weighted by molar-refractivity contribution is 5.85. The van der Waals surface area contributed by atoms with Gasteiger partial charge in [-0.25, -0.2) is 0 Å². The number of benzene rings is 1. The normalized spacial score (nSPS) is 32.6. The van der Waals surface area contributed by atoms with E-state index >= 15 is 0 Å². The molecule has 22 heavy (non-hydrogen) atoms. The fourth-order valence-electron chi connectivity index (χ4n) is 4.16. The summed E-state index contributed by atoms with van der Waals surface area (Å²) in [5.41, 5.74) is -0.616. The Morgan fingerprint density at radius 1 is 1.23 bits per heavy atom. The van der Waals surface area contributed by atoms with E-state index in [4.69, 9.17) is 0 Å². The fourth-order valence-corrected chi connectivity index (χ4v) is 4.16. The monoisotopic (exact) mass is 290 g/mol. The molecule has 3 aliphatic carbocycles. The molecule has 1 aromatic rings. The predicted octanol–water partition coefficient (Wildman–Crippen LogP) is 3.74. The van der Waals surface area contributed by atoms with Crippen molar-refractivity contribution < 1.29 is 4.79 Å². The number of carbonyl (C=O) groups is 1. The summed E-state index contributed by atoms with van der Waals surface area (Å²) in [5, 5.41) is 19.5. The van der Waals surface area contributed by atoms with Crippen molar-refractivity contribution >= 4 is 11.9 Å². The first kappa shape index (κ1) is 14.5. The van der Waals surface area contributed by atoms with Crippen LogP contribution in [0.5, 0.6) is 0 Å². The SMILES string of the molecule is C[C@@]12CC[C@@H](C(=O)C1)[C@@H](/C=C/c1ccccc1)C2(C#N)C#N. The van der Waals surface area contributed by atoms with E-state index in [-0.39, 0.29) is 17.6 Å². The molecule has 0 radical (unpaired) electrons. The number of nitriles is 2. The second-order valence-corrected chi connectivity index (χ2v) is 6.68. The van der Waals surface area contributed by atoms with Gasteiger partial charge in [-0.2, -0.15) is 10.5 Å². The summed E-state index contributed by atoms with van der Waals surface area (Å²) >= 11 is 0. The van der Waals surface area contributed by atoms with Crippen molar-refractivity contribution in [2.24, 2.45) is 22.7 Å². The molecule has 3 heteroatoms. The fraction of sp³-hybridized carbons (Fsp3) is 0.421. The quantitative estimate of drug-likeness (QED) is 0.833. The Morgan fingerprint density at radius 3 is 2.50 bits per heavy atom. The van der Waals surface area contributed by atoms with Crippen LogP contribution in [0.3, 0.4) is 0 Å². The Hall–Kier alpha value is -2.39. The third-order valence-electron chi connectivity index (χ3n) is 5.52. The number of hydrogen-bond donors (Lipinski definition) is 0. The summed E-state index contributed by atoms with van der Waals surface area (Å²) in [6, 6.07) is 14.3. The molecule has 0 amide bonds. The zero-order chi connectivity index (χ0) is 15.8. The number of carbonyl (C=O) groups excluding carboxylic acids is 1. The van der Waals surface area contributed by atoms with Crippen LogP contribution in [0.25, 0.3) is 6.08 Å². The Labute approximate surface area is 130 Å². The lowest BCUT2D eigenvalue weighted by atomic mass is 9.44. The van der Waals surface area contributed by atoms with Crippen molar-refractivity contribution in [3.63, 3.8) is 0 Å². The van der Waals surface area contributed by atoms with Gasteiger partial charge in [0.15, 0.2) is 5.41 Å². The van der Waals surface area contributed by atoms with Gasteiger partial charge in [0.25, 0.3) is 0 Å². The van der Waals surface area contributed by atoms with Crippen molar-refractivity contribution in [2.75, 3.05) is 0 Å². The predicted molar refractivity (Wildman–Crippen MR) is 83.1 cm³/mol. The molecule has 0 aliphatic heterocycles. The maximum atomic E-state index is 12.3. The van der Waals surface area contributed by atoms with Gasteiger partial charge in [0.1, 0.15) is 5.78 Å². The number of hydrogen-bond acceptors (Lipinski definition) is 3.